The van der Waals surface area contributed by atoms with E-state index in [9.17, 15) is 22.8 Å². The zero-order valence-electron chi connectivity index (χ0n) is 12.9. The van der Waals surface area contributed by atoms with Crippen molar-refractivity contribution in [1.82, 2.24) is 14.7 Å². The average molecular weight is 341 g/mol. The molecule has 0 spiro atoms. The Morgan fingerprint density at radius 2 is 2.00 bits per heavy atom. The highest BCUT2D eigenvalue weighted by molar-refractivity contribution is 5.80. The molecule has 0 saturated carbocycles. The van der Waals surface area contributed by atoms with Crippen molar-refractivity contribution in [3.63, 3.8) is 0 Å². The van der Waals surface area contributed by atoms with Crippen LogP contribution in [0.15, 0.2) is 30.6 Å². The molecule has 9 heteroatoms. The third-order valence-electron chi connectivity index (χ3n) is 3.06. The third kappa shape index (κ3) is 4.58. The summed E-state index contributed by atoms with van der Waals surface area (Å²) in [6.07, 6.45) is -1.54. The summed E-state index contributed by atoms with van der Waals surface area (Å²) in [5, 5.41) is 3.99. The van der Waals surface area contributed by atoms with Crippen LogP contribution >= 0.6 is 0 Å². The Labute approximate surface area is 135 Å². The maximum atomic E-state index is 12.4. The van der Waals surface area contributed by atoms with Gasteiger partial charge in [-0.2, -0.15) is 5.10 Å². The van der Waals surface area contributed by atoms with Gasteiger partial charge in [0.1, 0.15) is 18.6 Å². The Hall–Kier alpha value is -2.84. The minimum Gasteiger partial charge on any atom is -0.406 e. The van der Waals surface area contributed by atoms with Crippen molar-refractivity contribution in [3.05, 3.63) is 36.2 Å². The molecule has 0 saturated heterocycles. The van der Waals surface area contributed by atoms with Crippen molar-refractivity contribution >= 4 is 12.2 Å². The maximum absolute atomic E-state index is 12.4. The van der Waals surface area contributed by atoms with E-state index in [4.69, 9.17) is 0 Å². The Kier molecular flexibility index (Phi) is 4.91. The number of carbonyl (C=O) groups is 2. The van der Waals surface area contributed by atoms with Crippen LogP contribution in [0.25, 0.3) is 11.1 Å². The Bertz CT molecular complexity index is 754. The van der Waals surface area contributed by atoms with Crippen molar-refractivity contribution in [1.29, 1.82) is 0 Å². The lowest BCUT2D eigenvalue weighted by Crippen LogP contribution is -2.26. The van der Waals surface area contributed by atoms with E-state index in [0.29, 0.717) is 17.4 Å². The molecular formula is C15H14F3N3O3. The molecule has 0 atom stereocenters. The van der Waals surface area contributed by atoms with Crippen LogP contribution in [0.2, 0.25) is 0 Å². The molecule has 128 valence electrons. The molecule has 0 fully saturated rings. The van der Waals surface area contributed by atoms with E-state index < -0.39 is 12.1 Å². The molecule has 0 bridgehead atoms. The number of aromatic nitrogens is 2. The van der Waals surface area contributed by atoms with Gasteiger partial charge in [-0.15, -0.1) is 13.2 Å². The Balaban J connectivity index is 2.31. The number of carbonyl (C=O) groups excluding carboxylic acids is 2. The van der Waals surface area contributed by atoms with E-state index in [2.05, 4.69) is 9.84 Å². The molecule has 0 aliphatic carbocycles. The number of aldehydes is 1. The van der Waals surface area contributed by atoms with Crippen LogP contribution in [0.4, 0.5) is 13.2 Å². The van der Waals surface area contributed by atoms with Crippen molar-refractivity contribution in [2.24, 2.45) is 0 Å². The molecular weight excluding hydrogens is 327 g/mol. The summed E-state index contributed by atoms with van der Waals surface area (Å²) in [5.41, 5.74) is 0.809. The van der Waals surface area contributed by atoms with Crippen LogP contribution in [-0.4, -0.2) is 47.3 Å². The van der Waals surface area contributed by atoms with Gasteiger partial charge in [0.25, 0.3) is 0 Å². The summed E-state index contributed by atoms with van der Waals surface area (Å²) in [6.45, 7) is -0.00766. The summed E-state index contributed by atoms with van der Waals surface area (Å²) >= 11 is 0. The molecule has 1 amide bonds. The number of halogens is 3. The van der Waals surface area contributed by atoms with E-state index in [0.717, 1.165) is 12.1 Å². The smallest absolute Gasteiger partial charge is 0.406 e. The molecule has 0 aliphatic heterocycles. The quantitative estimate of drug-likeness (QED) is 0.783. The van der Waals surface area contributed by atoms with Crippen LogP contribution in [0.3, 0.4) is 0 Å². The highest BCUT2D eigenvalue weighted by Crippen LogP contribution is 2.29. The first-order valence-corrected chi connectivity index (χ1v) is 6.77. The molecule has 2 aromatic rings. The second-order valence-electron chi connectivity index (χ2n) is 5.17. The van der Waals surface area contributed by atoms with Crippen LogP contribution in [-0.2, 0) is 11.3 Å². The topological polar surface area (TPSA) is 64.4 Å². The van der Waals surface area contributed by atoms with Gasteiger partial charge in [-0.3, -0.25) is 14.3 Å². The zero-order chi connectivity index (χ0) is 17.9. The SMILES string of the molecule is CN(C)C(=O)Cn1cc(-c2cc(C=O)cc(OC(F)(F)F)c2)cn1. The first-order valence-electron chi connectivity index (χ1n) is 6.77. The Morgan fingerprint density at radius 1 is 1.29 bits per heavy atom. The molecule has 1 aromatic heterocycles. The lowest BCUT2D eigenvalue weighted by Gasteiger charge is -2.11. The second kappa shape index (κ2) is 6.73. The van der Waals surface area contributed by atoms with Gasteiger partial charge in [0.05, 0.1) is 6.20 Å². The summed E-state index contributed by atoms with van der Waals surface area (Å²) in [7, 11) is 3.20. The minimum absolute atomic E-state index is 0.00766. The van der Waals surface area contributed by atoms with Gasteiger partial charge in [-0.25, -0.2) is 0 Å². The number of hydrogen-bond donors (Lipinski definition) is 0. The lowest BCUT2D eigenvalue weighted by molar-refractivity contribution is -0.274. The summed E-state index contributed by atoms with van der Waals surface area (Å²) < 4.78 is 42.3. The first kappa shape index (κ1) is 17.5. The van der Waals surface area contributed by atoms with Crippen LogP contribution in [0, 0.1) is 0 Å². The molecule has 0 N–H and O–H groups in total. The van der Waals surface area contributed by atoms with Crippen molar-refractivity contribution in [2.45, 2.75) is 12.9 Å². The second-order valence-corrected chi connectivity index (χ2v) is 5.17. The Morgan fingerprint density at radius 3 is 2.58 bits per heavy atom. The fourth-order valence-electron chi connectivity index (χ4n) is 1.93. The van der Waals surface area contributed by atoms with Gasteiger partial charge in [0.2, 0.25) is 5.91 Å². The van der Waals surface area contributed by atoms with Gasteiger partial charge in [0.15, 0.2) is 0 Å². The number of hydrogen-bond acceptors (Lipinski definition) is 4. The fraction of sp³-hybridized carbons (Fsp3) is 0.267. The normalized spacial score (nSPS) is 11.2. The van der Waals surface area contributed by atoms with Crippen LogP contribution in [0.1, 0.15) is 10.4 Å². The summed E-state index contributed by atoms with van der Waals surface area (Å²) in [4.78, 5) is 24.0. The highest BCUT2D eigenvalue weighted by Gasteiger charge is 2.31. The standard InChI is InChI=1S/C15H14F3N3O3/c1-20(2)14(23)8-21-7-12(6-19-21)11-3-10(9-22)4-13(5-11)24-15(16,17)18/h3-7,9H,8H2,1-2H3. The molecule has 0 aliphatic rings. The first-order chi connectivity index (χ1) is 11.2. The lowest BCUT2D eigenvalue weighted by atomic mass is 10.1. The number of likely N-dealkylation sites (N-methyl/N-ethyl adjacent to an activating group) is 1. The van der Waals surface area contributed by atoms with Crippen molar-refractivity contribution in [3.8, 4) is 16.9 Å². The monoisotopic (exact) mass is 341 g/mol. The van der Waals surface area contributed by atoms with Crippen LogP contribution in [0.5, 0.6) is 5.75 Å². The number of rotatable bonds is 5. The van der Waals surface area contributed by atoms with Crippen molar-refractivity contribution < 1.29 is 27.5 Å². The van der Waals surface area contributed by atoms with E-state index in [1.54, 1.807) is 14.1 Å². The summed E-state index contributed by atoms with van der Waals surface area (Å²) in [6, 6.07) is 3.55. The predicted octanol–water partition coefficient (Wildman–Crippen LogP) is 2.35. The van der Waals surface area contributed by atoms with Gasteiger partial charge in [0, 0.05) is 31.4 Å². The number of amides is 1. The maximum Gasteiger partial charge on any atom is 0.573 e. The third-order valence-corrected chi connectivity index (χ3v) is 3.06. The molecule has 24 heavy (non-hydrogen) atoms. The van der Waals surface area contributed by atoms with Gasteiger partial charge in [-0.05, 0) is 23.8 Å². The highest BCUT2D eigenvalue weighted by atomic mass is 19.4. The zero-order valence-corrected chi connectivity index (χ0v) is 12.9. The van der Waals surface area contributed by atoms with Gasteiger partial charge >= 0.3 is 6.36 Å². The number of benzene rings is 1. The molecule has 0 unspecified atom stereocenters. The molecule has 0 radical (unpaired) electrons. The van der Waals surface area contributed by atoms with E-state index in [1.807, 2.05) is 0 Å². The number of alkyl halides is 3. The van der Waals surface area contributed by atoms with Crippen LogP contribution < -0.4 is 4.74 Å². The molecule has 6 nitrogen and oxygen atoms in total. The molecule has 2 rings (SSSR count). The van der Waals surface area contributed by atoms with E-state index in [1.165, 1.54) is 28.0 Å². The minimum atomic E-state index is -4.86. The van der Waals surface area contributed by atoms with Gasteiger partial charge < -0.3 is 9.64 Å². The van der Waals surface area contributed by atoms with E-state index in [-0.39, 0.29) is 18.0 Å². The van der Waals surface area contributed by atoms with Gasteiger partial charge in [-0.1, -0.05) is 0 Å². The number of nitrogens with zero attached hydrogens (tertiary/aromatic N) is 3. The van der Waals surface area contributed by atoms with E-state index >= 15 is 0 Å². The largest absolute Gasteiger partial charge is 0.573 e. The fourth-order valence-corrected chi connectivity index (χ4v) is 1.93. The predicted molar refractivity (Wildman–Crippen MR) is 78.4 cm³/mol. The average Bonchev–Trinajstić information content (AvgIpc) is 2.93. The molecule has 1 heterocycles. The summed E-state index contributed by atoms with van der Waals surface area (Å²) in [5.74, 6) is -0.688. The van der Waals surface area contributed by atoms with Crippen molar-refractivity contribution in [2.75, 3.05) is 14.1 Å². The molecule has 1 aromatic carbocycles. The number of ether oxygens (including phenoxy) is 1.